The Morgan fingerprint density at radius 2 is 1.88 bits per heavy atom. The maximum absolute atomic E-state index is 12.2. The van der Waals surface area contributed by atoms with Crippen LogP contribution in [-0.2, 0) is 4.79 Å². The molecule has 17 heavy (non-hydrogen) atoms. The van der Waals surface area contributed by atoms with Gasteiger partial charge in [0.2, 0.25) is 5.91 Å². The normalized spacial score (nSPS) is 12.5. The van der Waals surface area contributed by atoms with E-state index < -0.39 is 5.38 Å². The number of benzene rings is 1. The lowest BCUT2D eigenvalue weighted by Gasteiger charge is -2.25. The average Bonchev–Trinajstić information content (AvgIpc) is 2.35. The molecule has 0 saturated carbocycles. The lowest BCUT2D eigenvalue weighted by atomic mass is 10.1. The van der Waals surface area contributed by atoms with Crippen molar-refractivity contribution in [3.05, 3.63) is 35.9 Å². The van der Waals surface area contributed by atoms with Crippen LogP contribution in [0.1, 0.15) is 31.7 Å². The zero-order valence-corrected chi connectivity index (χ0v) is 11.4. The summed E-state index contributed by atoms with van der Waals surface area (Å²) >= 11 is 6.22. The van der Waals surface area contributed by atoms with Crippen molar-refractivity contribution in [3.63, 3.8) is 0 Å². The van der Waals surface area contributed by atoms with Gasteiger partial charge in [-0.25, -0.2) is 0 Å². The van der Waals surface area contributed by atoms with Crippen LogP contribution < -0.4 is 0 Å². The highest BCUT2D eigenvalue weighted by atomic mass is 35.5. The largest absolute Gasteiger partial charge is 0.341 e. The number of likely N-dealkylation sites (N-methyl/N-ethyl adjacent to an activating group) is 1. The highest BCUT2D eigenvalue weighted by Gasteiger charge is 2.23. The molecule has 1 aromatic carbocycles. The topological polar surface area (TPSA) is 20.3 Å². The van der Waals surface area contributed by atoms with E-state index in [-0.39, 0.29) is 5.91 Å². The third-order valence-electron chi connectivity index (χ3n) is 2.59. The summed E-state index contributed by atoms with van der Waals surface area (Å²) in [6.07, 6.45) is 0. The van der Waals surface area contributed by atoms with Crippen LogP contribution in [-0.4, -0.2) is 23.9 Å². The van der Waals surface area contributed by atoms with Crippen molar-refractivity contribution in [2.24, 2.45) is 5.92 Å². The lowest BCUT2D eigenvalue weighted by molar-refractivity contribution is -0.131. The molecule has 0 heterocycles. The van der Waals surface area contributed by atoms with Crippen molar-refractivity contribution in [1.82, 2.24) is 4.90 Å². The first-order valence-corrected chi connectivity index (χ1v) is 6.47. The summed E-state index contributed by atoms with van der Waals surface area (Å²) in [4.78, 5) is 14.0. The van der Waals surface area contributed by atoms with Gasteiger partial charge in [-0.1, -0.05) is 44.2 Å². The zero-order chi connectivity index (χ0) is 12.8. The summed E-state index contributed by atoms with van der Waals surface area (Å²) in [5.41, 5.74) is 0.862. The van der Waals surface area contributed by atoms with Crippen LogP contribution in [0.2, 0.25) is 0 Å². The lowest BCUT2D eigenvalue weighted by Crippen LogP contribution is -2.36. The third-order valence-corrected chi connectivity index (χ3v) is 3.03. The minimum absolute atomic E-state index is 0.00549. The van der Waals surface area contributed by atoms with Crippen LogP contribution in [0.15, 0.2) is 30.3 Å². The molecule has 2 nitrogen and oxygen atoms in total. The summed E-state index contributed by atoms with van der Waals surface area (Å²) < 4.78 is 0. The summed E-state index contributed by atoms with van der Waals surface area (Å²) in [7, 11) is 0. The monoisotopic (exact) mass is 253 g/mol. The molecule has 94 valence electrons. The molecule has 0 spiro atoms. The first-order valence-electron chi connectivity index (χ1n) is 6.04. The second-order valence-electron chi connectivity index (χ2n) is 4.54. The molecule has 0 saturated heterocycles. The summed E-state index contributed by atoms with van der Waals surface area (Å²) in [5, 5.41) is -0.574. The SMILES string of the molecule is CCN(CC(C)C)C(=O)C(Cl)c1ccccc1. The predicted molar refractivity (Wildman–Crippen MR) is 72.1 cm³/mol. The van der Waals surface area contributed by atoms with Crippen molar-refractivity contribution in [3.8, 4) is 0 Å². The molecule has 0 aliphatic heterocycles. The molecule has 1 aromatic rings. The number of carbonyl (C=O) groups is 1. The maximum Gasteiger partial charge on any atom is 0.245 e. The van der Waals surface area contributed by atoms with Gasteiger partial charge in [-0.05, 0) is 18.4 Å². The summed E-state index contributed by atoms with van der Waals surface area (Å²) in [6, 6.07) is 9.49. The van der Waals surface area contributed by atoms with E-state index in [9.17, 15) is 4.79 Å². The van der Waals surface area contributed by atoms with Crippen LogP contribution in [0.4, 0.5) is 0 Å². The Morgan fingerprint density at radius 1 is 1.29 bits per heavy atom. The molecular formula is C14H20ClNO. The van der Waals surface area contributed by atoms with Crippen molar-refractivity contribution < 1.29 is 4.79 Å². The Morgan fingerprint density at radius 3 is 2.35 bits per heavy atom. The van der Waals surface area contributed by atoms with E-state index in [0.29, 0.717) is 12.5 Å². The Labute approximate surface area is 109 Å². The molecule has 0 N–H and O–H groups in total. The maximum atomic E-state index is 12.2. The van der Waals surface area contributed by atoms with Gasteiger partial charge >= 0.3 is 0 Å². The second kappa shape index (κ2) is 6.65. The van der Waals surface area contributed by atoms with Gasteiger partial charge in [0.05, 0.1) is 0 Å². The number of halogens is 1. The fraction of sp³-hybridized carbons (Fsp3) is 0.500. The number of carbonyl (C=O) groups excluding carboxylic acids is 1. The number of rotatable bonds is 5. The van der Waals surface area contributed by atoms with E-state index >= 15 is 0 Å². The summed E-state index contributed by atoms with van der Waals surface area (Å²) in [5.74, 6) is 0.451. The van der Waals surface area contributed by atoms with E-state index in [0.717, 1.165) is 12.1 Å². The van der Waals surface area contributed by atoms with Crippen LogP contribution in [0.25, 0.3) is 0 Å². The van der Waals surface area contributed by atoms with Crippen molar-refractivity contribution >= 4 is 17.5 Å². The molecule has 3 heteroatoms. The predicted octanol–water partition coefficient (Wildman–Crippen LogP) is 3.47. The first-order chi connectivity index (χ1) is 8.06. The van der Waals surface area contributed by atoms with E-state index in [1.165, 1.54) is 0 Å². The zero-order valence-electron chi connectivity index (χ0n) is 10.7. The van der Waals surface area contributed by atoms with E-state index in [4.69, 9.17) is 11.6 Å². The Balaban J connectivity index is 2.74. The van der Waals surface area contributed by atoms with Crippen molar-refractivity contribution in [2.75, 3.05) is 13.1 Å². The molecule has 0 aliphatic rings. The fourth-order valence-electron chi connectivity index (χ4n) is 1.74. The number of nitrogens with zero attached hydrogens (tertiary/aromatic N) is 1. The molecule has 0 radical (unpaired) electrons. The third kappa shape index (κ3) is 4.04. The van der Waals surface area contributed by atoms with E-state index in [1.54, 1.807) is 0 Å². The van der Waals surface area contributed by atoms with Gasteiger partial charge in [0, 0.05) is 13.1 Å². The molecule has 0 fully saturated rings. The van der Waals surface area contributed by atoms with Gasteiger partial charge in [0.1, 0.15) is 5.38 Å². The van der Waals surface area contributed by atoms with E-state index in [2.05, 4.69) is 13.8 Å². The second-order valence-corrected chi connectivity index (χ2v) is 4.98. The number of hydrogen-bond donors (Lipinski definition) is 0. The minimum atomic E-state index is -0.574. The molecule has 1 atom stereocenters. The summed E-state index contributed by atoms with van der Waals surface area (Å²) in [6.45, 7) is 7.64. The van der Waals surface area contributed by atoms with Gasteiger partial charge in [-0.3, -0.25) is 4.79 Å². The molecule has 1 rings (SSSR count). The average molecular weight is 254 g/mol. The number of amides is 1. The Hall–Kier alpha value is -1.02. The molecule has 1 amide bonds. The highest BCUT2D eigenvalue weighted by molar-refractivity contribution is 6.30. The quantitative estimate of drug-likeness (QED) is 0.736. The number of hydrogen-bond acceptors (Lipinski definition) is 1. The molecular weight excluding hydrogens is 234 g/mol. The van der Waals surface area contributed by atoms with Crippen LogP contribution >= 0.6 is 11.6 Å². The number of alkyl halides is 1. The van der Waals surface area contributed by atoms with E-state index in [1.807, 2.05) is 42.2 Å². The molecule has 0 aliphatic carbocycles. The van der Waals surface area contributed by atoms with Gasteiger partial charge in [0.25, 0.3) is 0 Å². The van der Waals surface area contributed by atoms with Gasteiger partial charge in [-0.15, -0.1) is 11.6 Å². The molecule has 1 unspecified atom stereocenters. The van der Waals surface area contributed by atoms with Crippen molar-refractivity contribution in [2.45, 2.75) is 26.1 Å². The fourth-order valence-corrected chi connectivity index (χ4v) is 2.02. The van der Waals surface area contributed by atoms with Gasteiger partial charge < -0.3 is 4.90 Å². The molecule has 0 aromatic heterocycles. The van der Waals surface area contributed by atoms with Crippen LogP contribution in [0, 0.1) is 5.92 Å². The first kappa shape index (κ1) is 14.0. The highest BCUT2D eigenvalue weighted by Crippen LogP contribution is 2.23. The Kier molecular flexibility index (Phi) is 5.49. The minimum Gasteiger partial charge on any atom is -0.341 e. The smallest absolute Gasteiger partial charge is 0.245 e. The van der Waals surface area contributed by atoms with Gasteiger partial charge in [0.15, 0.2) is 0 Å². The van der Waals surface area contributed by atoms with Gasteiger partial charge in [-0.2, -0.15) is 0 Å². The molecule has 0 bridgehead atoms. The van der Waals surface area contributed by atoms with Crippen LogP contribution in [0.5, 0.6) is 0 Å². The van der Waals surface area contributed by atoms with Crippen LogP contribution in [0.3, 0.4) is 0 Å². The Bertz CT molecular complexity index is 350. The standard InChI is InChI=1S/C14H20ClNO/c1-4-16(10-11(2)3)14(17)13(15)12-8-6-5-7-9-12/h5-9,11,13H,4,10H2,1-3H3. The van der Waals surface area contributed by atoms with Crippen molar-refractivity contribution in [1.29, 1.82) is 0 Å².